The van der Waals surface area contributed by atoms with Gasteiger partial charge in [0.25, 0.3) is 0 Å². The van der Waals surface area contributed by atoms with Crippen molar-refractivity contribution < 1.29 is 27.4 Å². The molecule has 2 fully saturated rings. The summed E-state index contributed by atoms with van der Waals surface area (Å²) in [5, 5.41) is 6.19. The minimum absolute atomic E-state index is 0.119. The molecule has 3 heterocycles. The Balaban J connectivity index is 1.32. The third-order valence-electron chi connectivity index (χ3n) is 7.74. The van der Waals surface area contributed by atoms with Gasteiger partial charge in [-0.25, -0.2) is 13.2 Å². The first-order valence-electron chi connectivity index (χ1n) is 13.5. The number of halogens is 3. The molecule has 40 heavy (non-hydrogen) atoms. The zero-order chi connectivity index (χ0) is 28.1. The number of aromatic nitrogens is 1. The van der Waals surface area contributed by atoms with Crippen molar-refractivity contribution in [3.63, 3.8) is 0 Å². The first kappa shape index (κ1) is 28.2. The largest absolute Gasteiger partial charge is 0.381 e. The summed E-state index contributed by atoms with van der Waals surface area (Å²) in [5.74, 6) is -2.69. The zero-order valence-corrected chi connectivity index (χ0v) is 22.0. The van der Waals surface area contributed by atoms with Crippen LogP contribution in [0.1, 0.15) is 41.9 Å². The van der Waals surface area contributed by atoms with Crippen LogP contribution in [0, 0.1) is 17.5 Å². The summed E-state index contributed by atoms with van der Waals surface area (Å²) < 4.78 is 54.2. The maximum atomic E-state index is 15.0. The van der Waals surface area contributed by atoms with E-state index in [0.29, 0.717) is 49.3 Å². The Hall–Kier alpha value is -3.31. The molecule has 4 N–H and O–H groups in total. The molecule has 2 atom stereocenters. The molecule has 212 valence electrons. The van der Waals surface area contributed by atoms with Gasteiger partial charge in [0.2, 0.25) is 5.91 Å². The first-order chi connectivity index (χ1) is 19.3. The topological polar surface area (TPSA) is 98.5 Å². The van der Waals surface area contributed by atoms with Gasteiger partial charge in [0, 0.05) is 50.6 Å². The van der Waals surface area contributed by atoms with Crippen LogP contribution in [0.4, 0.5) is 18.9 Å². The molecule has 3 aromatic rings. The van der Waals surface area contributed by atoms with Crippen molar-refractivity contribution in [2.75, 3.05) is 31.6 Å². The van der Waals surface area contributed by atoms with Crippen LogP contribution in [0.2, 0.25) is 0 Å². The third-order valence-corrected chi connectivity index (χ3v) is 7.74. The normalized spacial score (nSPS) is 19.5. The van der Waals surface area contributed by atoms with Gasteiger partial charge in [0.15, 0.2) is 0 Å². The molecule has 0 saturated carbocycles. The van der Waals surface area contributed by atoms with E-state index >= 15 is 0 Å². The predicted octanol–water partition coefficient (Wildman–Crippen LogP) is 4.07. The van der Waals surface area contributed by atoms with Gasteiger partial charge in [0.05, 0.1) is 35.8 Å². The van der Waals surface area contributed by atoms with E-state index in [1.807, 2.05) is 0 Å². The second-order valence-electron chi connectivity index (χ2n) is 10.4. The number of amides is 1. The Morgan fingerprint density at radius 2 is 1.65 bits per heavy atom. The van der Waals surface area contributed by atoms with Crippen LogP contribution in [0.25, 0.3) is 0 Å². The number of hydrogen-bond donors (Lipinski definition) is 3. The highest BCUT2D eigenvalue weighted by molar-refractivity contribution is 5.96. The fourth-order valence-corrected chi connectivity index (χ4v) is 5.54. The molecule has 2 aliphatic rings. The zero-order valence-electron chi connectivity index (χ0n) is 22.0. The summed E-state index contributed by atoms with van der Waals surface area (Å²) >= 11 is 0. The number of carbonyl (C=O) groups excluding carboxylic acids is 1. The second kappa shape index (κ2) is 12.5. The van der Waals surface area contributed by atoms with E-state index in [-0.39, 0.29) is 17.4 Å². The molecular formula is C30H33F3N4O3. The number of hydrogen-bond acceptors (Lipinski definition) is 6. The molecule has 2 saturated heterocycles. The Morgan fingerprint density at radius 3 is 2.27 bits per heavy atom. The van der Waals surface area contributed by atoms with Gasteiger partial charge < -0.3 is 25.8 Å². The number of rotatable bonds is 8. The lowest BCUT2D eigenvalue weighted by atomic mass is 9.85. The van der Waals surface area contributed by atoms with Crippen LogP contribution in [-0.4, -0.2) is 54.9 Å². The number of carbonyl (C=O) groups is 1. The molecule has 1 spiro atoms. The van der Waals surface area contributed by atoms with E-state index < -0.39 is 35.3 Å². The number of nitrogens with zero attached hydrogens (tertiary/aromatic N) is 1. The fourth-order valence-electron chi connectivity index (χ4n) is 5.54. The van der Waals surface area contributed by atoms with E-state index in [2.05, 4.69) is 15.6 Å². The Kier molecular flexibility index (Phi) is 8.80. The van der Waals surface area contributed by atoms with Crippen LogP contribution in [0.15, 0.2) is 60.9 Å². The average molecular weight is 555 g/mol. The summed E-state index contributed by atoms with van der Waals surface area (Å²) in [6.07, 6.45) is 4.87. The monoisotopic (exact) mass is 554 g/mol. The number of nitrogens with one attached hydrogen (secondary N) is 2. The molecule has 0 radical (unpaired) electrons. The molecule has 7 nitrogen and oxygen atoms in total. The lowest BCUT2D eigenvalue weighted by Gasteiger charge is -2.44. The molecule has 10 heteroatoms. The van der Waals surface area contributed by atoms with Gasteiger partial charge in [-0.2, -0.15) is 0 Å². The number of nitrogens with two attached hydrogens (primary N) is 1. The van der Waals surface area contributed by atoms with Crippen molar-refractivity contribution in [2.45, 2.75) is 49.3 Å². The molecule has 1 unspecified atom stereocenters. The summed E-state index contributed by atoms with van der Waals surface area (Å²) in [5.41, 5.74) is 7.89. The van der Waals surface area contributed by atoms with Gasteiger partial charge in [-0.15, -0.1) is 0 Å². The van der Waals surface area contributed by atoms with Crippen LogP contribution in [0.5, 0.6) is 0 Å². The van der Waals surface area contributed by atoms with E-state index in [9.17, 15) is 18.0 Å². The minimum atomic E-state index is -1.15. The molecule has 5 rings (SSSR count). The molecular weight excluding hydrogens is 521 g/mol. The number of benzene rings is 2. The van der Waals surface area contributed by atoms with Crippen molar-refractivity contribution in [2.24, 2.45) is 5.73 Å². The second-order valence-corrected chi connectivity index (χ2v) is 10.4. The van der Waals surface area contributed by atoms with Crippen molar-refractivity contribution >= 4 is 11.6 Å². The number of anilines is 1. The number of morpholine rings is 1. The lowest BCUT2D eigenvalue weighted by Crippen LogP contribution is -2.56. The van der Waals surface area contributed by atoms with Crippen LogP contribution in [0.3, 0.4) is 0 Å². The predicted molar refractivity (Wildman–Crippen MR) is 144 cm³/mol. The first-order valence-corrected chi connectivity index (χ1v) is 13.5. The molecule has 0 bridgehead atoms. The maximum Gasteiger partial charge on any atom is 0.242 e. The highest BCUT2D eigenvalue weighted by Crippen LogP contribution is 2.32. The summed E-state index contributed by atoms with van der Waals surface area (Å²) in [4.78, 5) is 17.4. The van der Waals surface area contributed by atoms with Crippen molar-refractivity contribution in [3.8, 4) is 0 Å². The molecule has 1 amide bonds. The average Bonchev–Trinajstić information content (AvgIpc) is 2.95. The van der Waals surface area contributed by atoms with Crippen molar-refractivity contribution in [1.29, 1.82) is 0 Å². The number of pyridine rings is 1. The van der Waals surface area contributed by atoms with Crippen LogP contribution in [-0.2, 0) is 20.7 Å². The highest BCUT2D eigenvalue weighted by atomic mass is 19.1. The molecule has 2 aliphatic heterocycles. The summed E-state index contributed by atoms with van der Waals surface area (Å²) in [6, 6.07) is 10.1. The fraction of sp³-hybridized carbons (Fsp3) is 0.400. The molecule has 1 aromatic heterocycles. The van der Waals surface area contributed by atoms with Crippen LogP contribution >= 0.6 is 0 Å². The number of ether oxygens (including phenoxy) is 2. The van der Waals surface area contributed by atoms with Gasteiger partial charge in [-0.05, 0) is 48.2 Å². The standard InChI is InChI=1S/C30H33F3N4O3/c31-21-5-1-19(2-6-21)27(20-3-7-22(32)8-4-20)28(34)29(38)37-26-17-35-16-25(33)24(26)10-9-23-15-36-18-30(40-23)11-13-39-14-12-30/h1-8,16-17,23,27-28,36H,9-15,18,34H2,(H,37,38)/t23-,28?/m1/s1. The Labute approximate surface area is 231 Å². The van der Waals surface area contributed by atoms with Gasteiger partial charge in [-0.3, -0.25) is 9.78 Å². The smallest absolute Gasteiger partial charge is 0.242 e. The lowest BCUT2D eigenvalue weighted by molar-refractivity contribution is -0.160. The minimum Gasteiger partial charge on any atom is -0.381 e. The molecule has 2 aromatic carbocycles. The SMILES string of the molecule is NC(C(=O)Nc1cncc(F)c1CC[C@@H]1CNCC2(CCOCC2)O1)C(c1ccc(F)cc1)c1ccc(F)cc1. The van der Waals surface area contributed by atoms with E-state index in [4.69, 9.17) is 15.2 Å². The van der Waals surface area contributed by atoms with Crippen LogP contribution < -0.4 is 16.4 Å². The quantitative estimate of drug-likeness (QED) is 0.389. The van der Waals surface area contributed by atoms with Gasteiger partial charge in [-0.1, -0.05) is 24.3 Å². The van der Waals surface area contributed by atoms with E-state index in [0.717, 1.165) is 25.6 Å². The Morgan fingerprint density at radius 1 is 1.02 bits per heavy atom. The van der Waals surface area contributed by atoms with Crippen molar-refractivity contribution in [3.05, 3.63) is 95.1 Å². The van der Waals surface area contributed by atoms with E-state index in [1.54, 1.807) is 0 Å². The highest BCUT2D eigenvalue weighted by Gasteiger charge is 2.38. The molecule has 0 aliphatic carbocycles. The van der Waals surface area contributed by atoms with Crippen molar-refractivity contribution in [1.82, 2.24) is 10.3 Å². The maximum absolute atomic E-state index is 15.0. The van der Waals surface area contributed by atoms with Gasteiger partial charge >= 0.3 is 0 Å². The summed E-state index contributed by atoms with van der Waals surface area (Å²) in [6.45, 7) is 2.72. The van der Waals surface area contributed by atoms with Gasteiger partial charge in [0.1, 0.15) is 17.5 Å². The Bertz CT molecular complexity index is 1250. The van der Waals surface area contributed by atoms with E-state index in [1.165, 1.54) is 54.7 Å². The third kappa shape index (κ3) is 6.52. The summed E-state index contributed by atoms with van der Waals surface area (Å²) in [7, 11) is 0.